The Bertz CT molecular complexity index is 872. The van der Waals surface area contributed by atoms with E-state index < -0.39 is 29.0 Å². The van der Waals surface area contributed by atoms with Gasteiger partial charge in [-0.1, -0.05) is 31.2 Å². The molecule has 0 saturated heterocycles. The summed E-state index contributed by atoms with van der Waals surface area (Å²) in [5, 5.41) is 5.01. The van der Waals surface area contributed by atoms with E-state index in [2.05, 4.69) is 17.6 Å². The van der Waals surface area contributed by atoms with Crippen LogP contribution in [-0.2, 0) is 16.0 Å². The van der Waals surface area contributed by atoms with Crippen molar-refractivity contribution in [3.8, 4) is 0 Å². The van der Waals surface area contributed by atoms with Crippen LogP contribution in [0, 0.1) is 17.5 Å². The standard InChI is InChI=1S/C21H24F3N3O2/c1-4-14-5-7-15(8-6-14)13(2)25-18(28)11-27(3)12-19(29)26-17-10-9-16(22)20(23)21(17)24/h5-10,13H,4,11-12H2,1-3H3,(H,25,28)(H,26,29)/t13-/m0/s1. The maximum absolute atomic E-state index is 13.6. The minimum atomic E-state index is -1.66. The van der Waals surface area contributed by atoms with Crippen LogP contribution in [0.4, 0.5) is 18.9 Å². The van der Waals surface area contributed by atoms with Crippen molar-refractivity contribution in [1.82, 2.24) is 10.2 Å². The molecule has 0 aliphatic heterocycles. The fourth-order valence-corrected chi connectivity index (χ4v) is 2.77. The number of hydrogen-bond donors (Lipinski definition) is 2. The zero-order chi connectivity index (χ0) is 21.6. The van der Waals surface area contributed by atoms with Crippen molar-refractivity contribution in [2.45, 2.75) is 26.3 Å². The fraction of sp³-hybridized carbons (Fsp3) is 0.333. The van der Waals surface area contributed by atoms with Gasteiger partial charge in [-0.15, -0.1) is 0 Å². The van der Waals surface area contributed by atoms with Crippen LogP contribution >= 0.6 is 0 Å². The SMILES string of the molecule is CCc1ccc([C@H](C)NC(=O)CN(C)CC(=O)Nc2ccc(F)c(F)c2F)cc1. The second-order valence-corrected chi connectivity index (χ2v) is 6.83. The van der Waals surface area contributed by atoms with E-state index in [1.165, 1.54) is 10.5 Å². The summed E-state index contributed by atoms with van der Waals surface area (Å²) >= 11 is 0. The molecule has 0 bridgehead atoms. The molecule has 5 nitrogen and oxygen atoms in total. The van der Waals surface area contributed by atoms with Crippen molar-refractivity contribution < 1.29 is 22.8 Å². The molecule has 0 unspecified atom stereocenters. The average Bonchev–Trinajstić information content (AvgIpc) is 2.68. The number of anilines is 1. The molecule has 2 rings (SSSR count). The first kappa shape index (κ1) is 22.4. The molecule has 8 heteroatoms. The first-order valence-electron chi connectivity index (χ1n) is 9.21. The second kappa shape index (κ2) is 10.1. The van der Waals surface area contributed by atoms with Gasteiger partial charge in [-0.3, -0.25) is 14.5 Å². The van der Waals surface area contributed by atoms with Crippen LogP contribution in [0.3, 0.4) is 0 Å². The third-order valence-corrected chi connectivity index (χ3v) is 4.40. The molecule has 2 aromatic rings. The molecular formula is C21H24F3N3O2. The number of halogens is 3. The van der Waals surface area contributed by atoms with Crippen molar-refractivity contribution in [3.63, 3.8) is 0 Å². The molecule has 0 heterocycles. The highest BCUT2D eigenvalue weighted by Crippen LogP contribution is 2.19. The van der Waals surface area contributed by atoms with Gasteiger partial charge in [-0.2, -0.15) is 0 Å². The summed E-state index contributed by atoms with van der Waals surface area (Å²) in [6, 6.07) is 9.38. The first-order valence-corrected chi connectivity index (χ1v) is 9.21. The molecule has 2 amide bonds. The molecule has 0 aliphatic carbocycles. The summed E-state index contributed by atoms with van der Waals surface area (Å²) < 4.78 is 39.8. The lowest BCUT2D eigenvalue weighted by Gasteiger charge is -2.19. The van der Waals surface area contributed by atoms with Crippen molar-refractivity contribution in [3.05, 3.63) is 65.0 Å². The predicted molar refractivity (Wildman–Crippen MR) is 105 cm³/mol. The first-order chi connectivity index (χ1) is 13.7. The van der Waals surface area contributed by atoms with Crippen LogP contribution in [0.25, 0.3) is 0 Å². The Kier molecular flexibility index (Phi) is 7.78. The number of aryl methyl sites for hydroxylation is 1. The van der Waals surface area contributed by atoms with Gasteiger partial charge in [-0.25, -0.2) is 13.2 Å². The summed E-state index contributed by atoms with van der Waals surface area (Å²) in [6.07, 6.45) is 0.933. The smallest absolute Gasteiger partial charge is 0.238 e. The number of amides is 2. The molecule has 156 valence electrons. The number of hydrogen-bond acceptors (Lipinski definition) is 3. The number of nitrogens with one attached hydrogen (secondary N) is 2. The van der Waals surface area contributed by atoms with E-state index in [9.17, 15) is 22.8 Å². The van der Waals surface area contributed by atoms with Crippen molar-refractivity contribution in [1.29, 1.82) is 0 Å². The van der Waals surface area contributed by atoms with Gasteiger partial charge in [0.2, 0.25) is 11.8 Å². The molecule has 2 aromatic carbocycles. The molecule has 0 aromatic heterocycles. The maximum atomic E-state index is 13.6. The summed E-state index contributed by atoms with van der Waals surface area (Å²) in [5.41, 5.74) is 1.70. The highest BCUT2D eigenvalue weighted by atomic mass is 19.2. The van der Waals surface area contributed by atoms with E-state index in [1.807, 2.05) is 31.2 Å². The Morgan fingerprint density at radius 2 is 1.59 bits per heavy atom. The van der Waals surface area contributed by atoms with Gasteiger partial charge < -0.3 is 10.6 Å². The minimum Gasteiger partial charge on any atom is -0.348 e. The lowest BCUT2D eigenvalue weighted by atomic mass is 10.1. The monoisotopic (exact) mass is 407 g/mol. The van der Waals surface area contributed by atoms with E-state index in [0.717, 1.165) is 24.1 Å². The number of carbonyl (C=O) groups is 2. The van der Waals surface area contributed by atoms with Gasteiger partial charge in [0.1, 0.15) is 0 Å². The van der Waals surface area contributed by atoms with E-state index in [4.69, 9.17) is 0 Å². The molecule has 1 atom stereocenters. The Balaban J connectivity index is 1.84. The summed E-state index contributed by atoms with van der Waals surface area (Å²) in [4.78, 5) is 25.6. The van der Waals surface area contributed by atoms with E-state index in [-0.39, 0.29) is 25.0 Å². The molecular weight excluding hydrogens is 383 g/mol. The van der Waals surface area contributed by atoms with Gasteiger partial charge in [0, 0.05) is 0 Å². The number of benzene rings is 2. The van der Waals surface area contributed by atoms with Crippen LogP contribution in [-0.4, -0.2) is 36.9 Å². The third-order valence-electron chi connectivity index (χ3n) is 4.40. The number of likely N-dealkylation sites (N-methyl/N-ethyl adjacent to an activating group) is 1. The third kappa shape index (κ3) is 6.32. The van der Waals surface area contributed by atoms with E-state index >= 15 is 0 Å². The number of rotatable bonds is 8. The highest BCUT2D eigenvalue weighted by molar-refractivity contribution is 5.92. The lowest BCUT2D eigenvalue weighted by molar-refractivity contribution is -0.123. The molecule has 0 spiro atoms. The summed E-state index contributed by atoms with van der Waals surface area (Å²) in [7, 11) is 1.54. The Labute approximate surface area is 167 Å². The van der Waals surface area contributed by atoms with Gasteiger partial charge in [0.25, 0.3) is 0 Å². The number of nitrogens with zero attached hydrogens (tertiary/aromatic N) is 1. The lowest BCUT2D eigenvalue weighted by Crippen LogP contribution is -2.39. The Morgan fingerprint density at radius 3 is 2.21 bits per heavy atom. The van der Waals surface area contributed by atoms with Gasteiger partial charge in [0.15, 0.2) is 17.5 Å². The van der Waals surface area contributed by atoms with E-state index in [1.54, 1.807) is 7.05 Å². The fourth-order valence-electron chi connectivity index (χ4n) is 2.77. The van der Waals surface area contributed by atoms with Crippen LogP contribution in [0.1, 0.15) is 31.0 Å². The minimum absolute atomic E-state index is 0.0644. The zero-order valence-corrected chi connectivity index (χ0v) is 16.6. The molecule has 2 N–H and O–H groups in total. The zero-order valence-electron chi connectivity index (χ0n) is 16.6. The topological polar surface area (TPSA) is 61.4 Å². The van der Waals surface area contributed by atoms with Gasteiger partial charge in [0.05, 0.1) is 24.8 Å². The number of carbonyl (C=O) groups excluding carboxylic acids is 2. The van der Waals surface area contributed by atoms with Crippen LogP contribution in [0.2, 0.25) is 0 Å². The quantitative estimate of drug-likeness (QED) is 0.660. The molecule has 0 aliphatic rings. The molecule has 0 fully saturated rings. The molecule has 0 saturated carbocycles. The molecule has 29 heavy (non-hydrogen) atoms. The van der Waals surface area contributed by atoms with Crippen molar-refractivity contribution in [2.24, 2.45) is 0 Å². The summed E-state index contributed by atoms with van der Waals surface area (Å²) in [6.45, 7) is 3.63. The van der Waals surface area contributed by atoms with Crippen LogP contribution in [0.5, 0.6) is 0 Å². The van der Waals surface area contributed by atoms with Gasteiger partial charge in [-0.05, 0) is 43.7 Å². The highest BCUT2D eigenvalue weighted by Gasteiger charge is 2.17. The Morgan fingerprint density at radius 1 is 0.966 bits per heavy atom. The van der Waals surface area contributed by atoms with Crippen LogP contribution < -0.4 is 10.6 Å². The van der Waals surface area contributed by atoms with Crippen molar-refractivity contribution >= 4 is 17.5 Å². The predicted octanol–water partition coefficient (Wildman–Crippen LogP) is 3.41. The average molecular weight is 407 g/mol. The van der Waals surface area contributed by atoms with Gasteiger partial charge >= 0.3 is 0 Å². The van der Waals surface area contributed by atoms with E-state index in [0.29, 0.717) is 0 Å². The Hall–Kier alpha value is -2.87. The van der Waals surface area contributed by atoms with Crippen LogP contribution in [0.15, 0.2) is 36.4 Å². The summed E-state index contributed by atoms with van der Waals surface area (Å²) in [5.74, 6) is -5.41. The van der Waals surface area contributed by atoms with Crippen molar-refractivity contribution in [2.75, 3.05) is 25.5 Å². The molecule has 0 radical (unpaired) electrons. The normalized spacial score (nSPS) is 12.0. The largest absolute Gasteiger partial charge is 0.348 e. The second-order valence-electron chi connectivity index (χ2n) is 6.83. The maximum Gasteiger partial charge on any atom is 0.238 e.